The molecule has 14 heavy (non-hydrogen) atoms. The summed E-state index contributed by atoms with van der Waals surface area (Å²) >= 11 is 0. The number of hydrogen-bond acceptors (Lipinski definition) is 3. The molecule has 0 saturated carbocycles. The summed E-state index contributed by atoms with van der Waals surface area (Å²) in [7, 11) is 2.22. The molecule has 82 valence electrons. The van der Waals surface area contributed by atoms with Gasteiger partial charge in [-0.25, -0.2) is 0 Å². The molecule has 0 spiro atoms. The second-order valence-corrected chi connectivity index (χ2v) is 4.70. The van der Waals surface area contributed by atoms with Crippen LogP contribution in [0.2, 0.25) is 0 Å². The van der Waals surface area contributed by atoms with Gasteiger partial charge in [0.25, 0.3) is 0 Å². The van der Waals surface area contributed by atoms with E-state index < -0.39 is 0 Å². The first kappa shape index (κ1) is 10.4. The van der Waals surface area contributed by atoms with Gasteiger partial charge in [0.05, 0.1) is 13.2 Å². The molecule has 0 radical (unpaired) electrons. The third-order valence-electron chi connectivity index (χ3n) is 3.58. The Morgan fingerprint density at radius 3 is 2.50 bits per heavy atom. The molecule has 1 atom stereocenters. The first-order valence-corrected chi connectivity index (χ1v) is 5.79. The zero-order valence-corrected chi connectivity index (χ0v) is 9.41. The van der Waals surface area contributed by atoms with Gasteiger partial charge in [0.1, 0.15) is 0 Å². The predicted octanol–water partition coefficient (Wildman–Crippen LogP) is 0.801. The fourth-order valence-corrected chi connectivity index (χ4v) is 2.61. The third kappa shape index (κ3) is 2.27. The minimum absolute atomic E-state index is 0.622. The second kappa shape index (κ2) is 4.60. The fourth-order valence-electron chi connectivity index (χ4n) is 2.61. The van der Waals surface area contributed by atoms with Crippen molar-refractivity contribution in [3.63, 3.8) is 0 Å². The van der Waals surface area contributed by atoms with Crippen LogP contribution < -0.4 is 0 Å². The van der Waals surface area contributed by atoms with E-state index in [2.05, 4.69) is 23.8 Å². The Balaban J connectivity index is 1.87. The maximum Gasteiger partial charge on any atom is 0.0619 e. The predicted molar refractivity (Wildman–Crippen MR) is 57.5 cm³/mol. The molecule has 0 amide bonds. The van der Waals surface area contributed by atoms with E-state index in [4.69, 9.17) is 4.74 Å². The van der Waals surface area contributed by atoms with Crippen LogP contribution in [0.5, 0.6) is 0 Å². The average Bonchev–Trinajstić information content (AvgIpc) is 2.20. The molecule has 0 N–H and O–H groups in total. The van der Waals surface area contributed by atoms with E-state index in [1.54, 1.807) is 0 Å². The Bertz CT molecular complexity index is 178. The molecule has 2 rings (SSSR count). The topological polar surface area (TPSA) is 15.7 Å². The second-order valence-electron chi connectivity index (χ2n) is 4.70. The molecule has 2 fully saturated rings. The van der Waals surface area contributed by atoms with Crippen LogP contribution in [0.4, 0.5) is 0 Å². The number of likely N-dealkylation sites (tertiary alicyclic amines) is 1. The maximum absolute atomic E-state index is 5.47. The van der Waals surface area contributed by atoms with Gasteiger partial charge in [-0.15, -0.1) is 0 Å². The molecule has 2 aliphatic rings. The molecule has 2 aliphatic heterocycles. The highest BCUT2D eigenvalue weighted by Gasteiger charge is 2.28. The fraction of sp³-hybridized carbons (Fsp3) is 1.00. The van der Waals surface area contributed by atoms with Gasteiger partial charge in [-0.1, -0.05) is 0 Å². The number of hydrogen-bond donors (Lipinski definition) is 0. The van der Waals surface area contributed by atoms with E-state index in [1.165, 1.54) is 25.9 Å². The Kier molecular flexibility index (Phi) is 3.42. The summed E-state index contributed by atoms with van der Waals surface area (Å²) in [6.45, 7) is 7.79. The zero-order chi connectivity index (χ0) is 9.97. The largest absolute Gasteiger partial charge is 0.379 e. The van der Waals surface area contributed by atoms with E-state index in [0.717, 1.165) is 25.8 Å². The van der Waals surface area contributed by atoms with Crippen molar-refractivity contribution in [2.45, 2.75) is 31.8 Å². The van der Waals surface area contributed by atoms with Crippen molar-refractivity contribution in [2.75, 3.05) is 39.9 Å². The lowest BCUT2D eigenvalue weighted by atomic mass is 10.0. The van der Waals surface area contributed by atoms with Crippen LogP contribution >= 0.6 is 0 Å². The minimum atomic E-state index is 0.622. The summed E-state index contributed by atoms with van der Waals surface area (Å²) in [5.74, 6) is 0. The lowest BCUT2D eigenvalue weighted by Gasteiger charge is -2.42. The molecule has 0 aromatic rings. The number of rotatable bonds is 1. The summed E-state index contributed by atoms with van der Waals surface area (Å²) in [5, 5.41) is 0. The van der Waals surface area contributed by atoms with Crippen molar-refractivity contribution in [3.8, 4) is 0 Å². The molecular weight excluding hydrogens is 176 g/mol. The number of piperidine rings is 1. The summed E-state index contributed by atoms with van der Waals surface area (Å²) in [6.07, 6.45) is 2.67. The zero-order valence-electron chi connectivity index (χ0n) is 9.41. The molecule has 2 heterocycles. The minimum Gasteiger partial charge on any atom is -0.379 e. The van der Waals surface area contributed by atoms with Crippen molar-refractivity contribution >= 4 is 0 Å². The van der Waals surface area contributed by atoms with Gasteiger partial charge in [-0.05, 0) is 39.9 Å². The van der Waals surface area contributed by atoms with E-state index in [1.807, 2.05) is 0 Å². The molecule has 2 saturated heterocycles. The highest BCUT2D eigenvalue weighted by molar-refractivity contribution is 4.83. The van der Waals surface area contributed by atoms with Gasteiger partial charge in [-0.2, -0.15) is 0 Å². The van der Waals surface area contributed by atoms with Crippen molar-refractivity contribution in [1.29, 1.82) is 0 Å². The van der Waals surface area contributed by atoms with E-state index in [-0.39, 0.29) is 0 Å². The van der Waals surface area contributed by atoms with Gasteiger partial charge in [0.15, 0.2) is 0 Å². The first-order valence-electron chi connectivity index (χ1n) is 5.79. The van der Waals surface area contributed by atoms with Crippen LogP contribution in [0.3, 0.4) is 0 Å². The number of ether oxygens (including phenoxy) is 1. The van der Waals surface area contributed by atoms with E-state index in [9.17, 15) is 0 Å². The molecule has 3 heteroatoms. The molecule has 0 unspecified atom stereocenters. The molecular formula is C11H22N2O. The van der Waals surface area contributed by atoms with E-state index in [0.29, 0.717) is 6.04 Å². The van der Waals surface area contributed by atoms with Crippen molar-refractivity contribution in [2.24, 2.45) is 0 Å². The summed E-state index contributed by atoms with van der Waals surface area (Å²) < 4.78 is 5.47. The summed E-state index contributed by atoms with van der Waals surface area (Å²) in [5.41, 5.74) is 0. The molecule has 3 nitrogen and oxygen atoms in total. The Morgan fingerprint density at radius 2 is 1.86 bits per heavy atom. The molecule has 0 aromatic carbocycles. The van der Waals surface area contributed by atoms with E-state index >= 15 is 0 Å². The molecule has 0 aliphatic carbocycles. The van der Waals surface area contributed by atoms with Crippen LogP contribution in [0.15, 0.2) is 0 Å². The van der Waals surface area contributed by atoms with Gasteiger partial charge < -0.3 is 9.64 Å². The average molecular weight is 198 g/mol. The van der Waals surface area contributed by atoms with Crippen LogP contribution in [-0.4, -0.2) is 61.8 Å². The Morgan fingerprint density at radius 1 is 1.14 bits per heavy atom. The highest BCUT2D eigenvalue weighted by atomic mass is 16.5. The maximum atomic E-state index is 5.47. The smallest absolute Gasteiger partial charge is 0.0619 e. The van der Waals surface area contributed by atoms with Gasteiger partial charge in [0, 0.05) is 18.6 Å². The summed E-state index contributed by atoms with van der Waals surface area (Å²) in [4.78, 5) is 5.08. The standard InChI is InChI=1S/C11H22N2O/c1-10-9-14-8-7-13(10)11-3-5-12(2)6-4-11/h10-11H,3-9H2,1-2H3/t10-/m1/s1. The van der Waals surface area contributed by atoms with Crippen molar-refractivity contribution in [3.05, 3.63) is 0 Å². The SMILES string of the molecule is C[C@@H]1COCCN1C1CCN(C)CC1. The van der Waals surface area contributed by atoms with Crippen LogP contribution in [0, 0.1) is 0 Å². The van der Waals surface area contributed by atoms with Crippen LogP contribution in [0.25, 0.3) is 0 Å². The molecule has 0 bridgehead atoms. The van der Waals surface area contributed by atoms with Crippen LogP contribution in [0.1, 0.15) is 19.8 Å². The number of nitrogens with zero attached hydrogens (tertiary/aromatic N) is 2. The quantitative estimate of drug-likeness (QED) is 0.620. The lowest BCUT2D eigenvalue weighted by Crippen LogP contribution is -2.52. The Labute approximate surface area is 87.0 Å². The van der Waals surface area contributed by atoms with Crippen LogP contribution in [-0.2, 0) is 4.74 Å². The van der Waals surface area contributed by atoms with Gasteiger partial charge >= 0.3 is 0 Å². The normalized spacial score (nSPS) is 33.4. The van der Waals surface area contributed by atoms with Crippen molar-refractivity contribution in [1.82, 2.24) is 9.80 Å². The monoisotopic (exact) mass is 198 g/mol. The lowest BCUT2D eigenvalue weighted by molar-refractivity contribution is -0.0334. The number of morpholine rings is 1. The third-order valence-corrected chi connectivity index (χ3v) is 3.58. The van der Waals surface area contributed by atoms with Crippen molar-refractivity contribution < 1.29 is 4.74 Å². The van der Waals surface area contributed by atoms with Gasteiger partial charge in [-0.3, -0.25) is 4.90 Å². The highest BCUT2D eigenvalue weighted by Crippen LogP contribution is 2.19. The summed E-state index contributed by atoms with van der Waals surface area (Å²) in [6, 6.07) is 1.43. The first-order chi connectivity index (χ1) is 6.77. The molecule has 0 aromatic heterocycles. The Hall–Kier alpha value is -0.120. The van der Waals surface area contributed by atoms with Gasteiger partial charge in [0.2, 0.25) is 0 Å².